The molecule has 0 spiro atoms. The second-order valence-corrected chi connectivity index (χ2v) is 6.45. The molecule has 22 heavy (non-hydrogen) atoms. The molecule has 2 rings (SSSR count). The fourth-order valence-corrected chi connectivity index (χ4v) is 2.92. The summed E-state index contributed by atoms with van der Waals surface area (Å²) in [7, 11) is 0. The van der Waals surface area contributed by atoms with E-state index in [0.29, 0.717) is 13.2 Å². The summed E-state index contributed by atoms with van der Waals surface area (Å²) < 4.78 is 17.0. The van der Waals surface area contributed by atoms with Crippen LogP contribution in [0.5, 0.6) is 0 Å². The molecule has 1 saturated heterocycles. The van der Waals surface area contributed by atoms with Gasteiger partial charge in [-0.2, -0.15) is 5.06 Å². The van der Waals surface area contributed by atoms with Crippen molar-refractivity contribution in [2.75, 3.05) is 13.2 Å². The lowest BCUT2D eigenvalue weighted by Gasteiger charge is -2.39. The molecular weight excluding hydrogens is 290 g/mol. The standard InChI is InChI=1S/C15H25NO6/c1-6-19-15(20-7-2)11-8-10(17)9-12(15)22-16(11)13(18)21-14(3,4)5/h11-12H,6-9H2,1-5H3. The van der Waals surface area contributed by atoms with E-state index in [4.69, 9.17) is 19.0 Å². The first kappa shape index (κ1) is 17.2. The van der Waals surface area contributed by atoms with Gasteiger partial charge in [-0.1, -0.05) is 0 Å². The quantitative estimate of drug-likeness (QED) is 0.739. The number of carbonyl (C=O) groups excluding carboxylic acids is 2. The van der Waals surface area contributed by atoms with Gasteiger partial charge in [-0.15, -0.1) is 0 Å². The van der Waals surface area contributed by atoms with Crippen molar-refractivity contribution in [2.24, 2.45) is 0 Å². The van der Waals surface area contributed by atoms with Crippen LogP contribution in [0.2, 0.25) is 0 Å². The number of nitrogens with zero attached hydrogens (tertiary/aromatic N) is 1. The van der Waals surface area contributed by atoms with E-state index in [2.05, 4.69) is 0 Å². The molecule has 2 bridgehead atoms. The van der Waals surface area contributed by atoms with Crippen LogP contribution in [0.4, 0.5) is 4.79 Å². The fourth-order valence-electron chi connectivity index (χ4n) is 2.92. The summed E-state index contributed by atoms with van der Waals surface area (Å²) in [4.78, 5) is 29.9. The Hall–Kier alpha value is -1.18. The highest BCUT2D eigenvalue weighted by atomic mass is 16.8. The van der Waals surface area contributed by atoms with Crippen LogP contribution in [-0.4, -0.2) is 53.7 Å². The summed E-state index contributed by atoms with van der Waals surface area (Å²) >= 11 is 0. The number of amides is 1. The van der Waals surface area contributed by atoms with E-state index in [9.17, 15) is 9.59 Å². The van der Waals surface area contributed by atoms with Gasteiger partial charge in [0.2, 0.25) is 5.79 Å². The lowest BCUT2D eigenvalue weighted by atomic mass is 9.86. The first-order valence-electron chi connectivity index (χ1n) is 7.72. The molecule has 0 aromatic rings. The van der Waals surface area contributed by atoms with Crippen LogP contribution in [0.1, 0.15) is 47.5 Å². The van der Waals surface area contributed by atoms with Gasteiger partial charge in [0.15, 0.2) is 0 Å². The van der Waals surface area contributed by atoms with Gasteiger partial charge in [-0.25, -0.2) is 4.79 Å². The molecule has 2 unspecified atom stereocenters. The zero-order valence-electron chi connectivity index (χ0n) is 13.9. The zero-order valence-corrected chi connectivity index (χ0v) is 13.9. The van der Waals surface area contributed by atoms with Crippen molar-refractivity contribution in [1.82, 2.24) is 5.06 Å². The third-order valence-corrected chi connectivity index (χ3v) is 3.58. The number of hydroxylamine groups is 2. The monoisotopic (exact) mass is 315 g/mol. The summed E-state index contributed by atoms with van der Waals surface area (Å²) in [5.74, 6) is -1.08. The van der Waals surface area contributed by atoms with Gasteiger partial charge in [-0.05, 0) is 34.6 Å². The average molecular weight is 315 g/mol. The lowest BCUT2D eigenvalue weighted by Crippen LogP contribution is -2.58. The first-order chi connectivity index (χ1) is 10.2. The van der Waals surface area contributed by atoms with Crippen molar-refractivity contribution < 1.29 is 28.6 Å². The largest absolute Gasteiger partial charge is 0.442 e. The average Bonchev–Trinajstić information content (AvgIpc) is 2.54. The van der Waals surface area contributed by atoms with Crippen molar-refractivity contribution in [3.63, 3.8) is 0 Å². The van der Waals surface area contributed by atoms with Crippen LogP contribution in [-0.2, 0) is 23.8 Å². The summed E-state index contributed by atoms with van der Waals surface area (Å²) in [6.07, 6.45) is -0.962. The van der Waals surface area contributed by atoms with Gasteiger partial charge in [0.05, 0.1) is 0 Å². The van der Waals surface area contributed by atoms with E-state index in [1.54, 1.807) is 20.8 Å². The second-order valence-electron chi connectivity index (χ2n) is 6.45. The molecule has 0 radical (unpaired) electrons. The van der Waals surface area contributed by atoms with Gasteiger partial charge in [0, 0.05) is 26.1 Å². The molecule has 2 aliphatic rings. The van der Waals surface area contributed by atoms with Crippen LogP contribution in [0.3, 0.4) is 0 Å². The summed E-state index contributed by atoms with van der Waals surface area (Å²) in [6.45, 7) is 9.80. The number of hydrogen-bond acceptors (Lipinski definition) is 6. The number of ketones is 1. The van der Waals surface area contributed by atoms with Crippen LogP contribution in [0.25, 0.3) is 0 Å². The normalized spacial score (nSPS) is 27.1. The van der Waals surface area contributed by atoms with Gasteiger partial charge in [0.1, 0.15) is 23.5 Å². The second kappa shape index (κ2) is 6.14. The van der Waals surface area contributed by atoms with E-state index >= 15 is 0 Å². The summed E-state index contributed by atoms with van der Waals surface area (Å²) in [6, 6.07) is -0.631. The maximum atomic E-state index is 12.4. The molecule has 1 saturated carbocycles. The topological polar surface area (TPSA) is 74.3 Å². The van der Waals surface area contributed by atoms with Crippen molar-refractivity contribution in [3.05, 3.63) is 0 Å². The van der Waals surface area contributed by atoms with Crippen molar-refractivity contribution in [1.29, 1.82) is 0 Å². The van der Waals surface area contributed by atoms with Crippen LogP contribution >= 0.6 is 0 Å². The Labute approximate surface area is 130 Å². The predicted molar refractivity (Wildman–Crippen MR) is 77.0 cm³/mol. The molecule has 0 N–H and O–H groups in total. The first-order valence-corrected chi connectivity index (χ1v) is 7.72. The van der Waals surface area contributed by atoms with Gasteiger partial charge >= 0.3 is 6.09 Å². The highest BCUT2D eigenvalue weighted by Gasteiger charge is 2.64. The number of Topliss-reactive ketones (excluding diaryl/α,β-unsaturated/α-hetero) is 1. The van der Waals surface area contributed by atoms with Crippen molar-refractivity contribution in [3.8, 4) is 0 Å². The molecule has 2 fully saturated rings. The number of carbonyl (C=O) groups is 2. The molecule has 0 aromatic carbocycles. The van der Waals surface area contributed by atoms with Crippen molar-refractivity contribution in [2.45, 2.75) is 71.0 Å². The Kier molecular flexibility index (Phi) is 4.79. The van der Waals surface area contributed by atoms with E-state index in [1.807, 2.05) is 13.8 Å². The summed E-state index contributed by atoms with van der Waals surface area (Å²) in [5, 5.41) is 1.12. The van der Waals surface area contributed by atoms with E-state index in [-0.39, 0.29) is 18.6 Å². The van der Waals surface area contributed by atoms with Crippen LogP contribution in [0, 0.1) is 0 Å². The molecule has 1 aliphatic heterocycles. The van der Waals surface area contributed by atoms with Gasteiger partial charge in [0.25, 0.3) is 0 Å². The predicted octanol–water partition coefficient (Wildman–Crippen LogP) is 2.04. The molecule has 7 heteroatoms. The number of hydrogen-bond donors (Lipinski definition) is 0. The molecular formula is C15H25NO6. The number of rotatable bonds is 4. The van der Waals surface area contributed by atoms with Crippen LogP contribution in [0.15, 0.2) is 0 Å². The lowest BCUT2D eigenvalue weighted by molar-refractivity contribution is -0.266. The third kappa shape index (κ3) is 3.11. The Morgan fingerprint density at radius 3 is 2.36 bits per heavy atom. The molecule has 1 heterocycles. The van der Waals surface area contributed by atoms with Gasteiger partial charge < -0.3 is 14.2 Å². The smallest absolute Gasteiger partial charge is 0.434 e. The minimum absolute atomic E-state index is 0.0242. The fraction of sp³-hybridized carbons (Fsp3) is 0.867. The highest BCUT2D eigenvalue weighted by Crippen LogP contribution is 2.44. The van der Waals surface area contributed by atoms with E-state index in [1.165, 1.54) is 0 Å². The molecule has 126 valence electrons. The minimum Gasteiger partial charge on any atom is -0.442 e. The van der Waals surface area contributed by atoms with Crippen molar-refractivity contribution >= 4 is 11.9 Å². The molecule has 1 aliphatic carbocycles. The van der Waals surface area contributed by atoms with Gasteiger partial charge in [-0.3, -0.25) is 9.63 Å². The number of fused-ring (bicyclic) bond motifs is 2. The highest BCUT2D eigenvalue weighted by molar-refractivity contribution is 5.82. The third-order valence-electron chi connectivity index (χ3n) is 3.58. The SMILES string of the molecule is CCOC1(OCC)C2CC(=O)CC1N(C(=O)OC(C)(C)C)O2. The molecule has 1 amide bonds. The number of ether oxygens (including phenoxy) is 3. The maximum Gasteiger partial charge on any atom is 0.434 e. The Morgan fingerprint density at radius 2 is 1.86 bits per heavy atom. The summed E-state index contributed by atoms with van der Waals surface area (Å²) in [5.41, 5.74) is -0.652. The van der Waals surface area contributed by atoms with Crippen LogP contribution < -0.4 is 0 Å². The molecule has 0 aromatic heterocycles. The van der Waals surface area contributed by atoms with E-state index in [0.717, 1.165) is 5.06 Å². The zero-order chi connectivity index (χ0) is 16.5. The Bertz CT molecular complexity index is 438. The minimum atomic E-state index is -1.10. The van der Waals surface area contributed by atoms with E-state index < -0.39 is 29.6 Å². The Morgan fingerprint density at radius 1 is 1.27 bits per heavy atom. The Balaban J connectivity index is 2.28. The maximum absolute atomic E-state index is 12.4. The molecule has 7 nitrogen and oxygen atoms in total. The molecule has 2 atom stereocenters.